The monoisotopic (exact) mass is 282 g/mol. The lowest BCUT2D eigenvalue weighted by molar-refractivity contribution is -0.138. The first-order chi connectivity index (χ1) is 9.30. The third kappa shape index (κ3) is 2.47. The fourth-order valence-corrected chi connectivity index (χ4v) is 2.88. The lowest BCUT2D eigenvalue weighted by Gasteiger charge is -2.26. The SMILES string of the molecule is CN(C)c1ccc(C2(C#N)CCCC2)c(C(F)(F)F)c1. The highest BCUT2D eigenvalue weighted by Gasteiger charge is 2.43. The first-order valence-corrected chi connectivity index (χ1v) is 6.60. The van der Waals surface area contributed by atoms with Crippen molar-refractivity contribution in [3.05, 3.63) is 29.3 Å². The molecule has 2 rings (SSSR count). The Bertz CT molecular complexity index is 535. The Morgan fingerprint density at radius 1 is 1.20 bits per heavy atom. The van der Waals surface area contributed by atoms with Gasteiger partial charge in [0.25, 0.3) is 0 Å². The summed E-state index contributed by atoms with van der Waals surface area (Å²) < 4.78 is 40.0. The molecule has 1 aromatic carbocycles. The molecular formula is C15H17F3N2. The number of benzene rings is 1. The van der Waals surface area contributed by atoms with Gasteiger partial charge in [0.1, 0.15) is 0 Å². The van der Waals surface area contributed by atoms with E-state index in [4.69, 9.17) is 0 Å². The van der Waals surface area contributed by atoms with Gasteiger partial charge in [0.2, 0.25) is 0 Å². The van der Waals surface area contributed by atoms with Gasteiger partial charge < -0.3 is 4.90 Å². The smallest absolute Gasteiger partial charge is 0.378 e. The average molecular weight is 282 g/mol. The van der Waals surface area contributed by atoms with E-state index in [1.54, 1.807) is 25.1 Å². The fraction of sp³-hybridized carbons (Fsp3) is 0.533. The van der Waals surface area contributed by atoms with E-state index in [0.717, 1.165) is 18.9 Å². The molecule has 0 unspecified atom stereocenters. The molecule has 0 amide bonds. The molecule has 1 fully saturated rings. The fourth-order valence-electron chi connectivity index (χ4n) is 2.88. The van der Waals surface area contributed by atoms with E-state index in [0.29, 0.717) is 18.5 Å². The molecule has 0 atom stereocenters. The van der Waals surface area contributed by atoms with Crippen LogP contribution < -0.4 is 4.90 Å². The predicted molar refractivity (Wildman–Crippen MR) is 71.5 cm³/mol. The van der Waals surface area contributed by atoms with Crippen LogP contribution in [-0.2, 0) is 11.6 Å². The van der Waals surface area contributed by atoms with Gasteiger partial charge in [-0.2, -0.15) is 18.4 Å². The first-order valence-electron chi connectivity index (χ1n) is 6.60. The van der Waals surface area contributed by atoms with Crippen LogP contribution in [0.25, 0.3) is 0 Å². The van der Waals surface area contributed by atoms with Crippen molar-refractivity contribution in [1.82, 2.24) is 0 Å². The highest BCUT2D eigenvalue weighted by Crippen LogP contribution is 2.46. The summed E-state index contributed by atoms with van der Waals surface area (Å²) in [6, 6.07) is 6.42. The zero-order valence-corrected chi connectivity index (χ0v) is 11.6. The van der Waals surface area contributed by atoms with Gasteiger partial charge in [0.05, 0.1) is 17.0 Å². The van der Waals surface area contributed by atoms with Crippen LogP contribution in [-0.4, -0.2) is 14.1 Å². The number of anilines is 1. The highest BCUT2D eigenvalue weighted by atomic mass is 19.4. The second kappa shape index (κ2) is 5.01. The Kier molecular flexibility index (Phi) is 3.68. The van der Waals surface area contributed by atoms with Crippen molar-refractivity contribution in [3.63, 3.8) is 0 Å². The van der Waals surface area contributed by atoms with Crippen LogP contribution in [0.4, 0.5) is 18.9 Å². The van der Waals surface area contributed by atoms with Crippen molar-refractivity contribution in [1.29, 1.82) is 5.26 Å². The van der Waals surface area contributed by atoms with E-state index in [-0.39, 0.29) is 5.56 Å². The quantitative estimate of drug-likeness (QED) is 0.816. The van der Waals surface area contributed by atoms with Gasteiger partial charge in [-0.1, -0.05) is 18.9 Å². The van der Waals surface area contributed by atoms with Crippen molar-refractivity contribution in [2.24, 2.45) is 0 Å². The third-order valence-electron chi connectivity index (χ3n) is 4.01. The summed E-state index contributed by atoms with van der Waals surface area (Å²) in [5.74, 6) is 0. The van der Waals surface area contributed by atoms with Crippen LogP contribution in [0.15, 0.2) is 18.2 Å². The molecule has 20 heavy (non-hydrogen) atoms. The van der Waals surface area contributed by atoms with Gasteiger partial charge in [-0.3, -0.25) is 0 Å². The second-order valence-corrected chi connectivity index (χ2v) is 5.52. The van der Waals surface area contributed by atoms with Crippen molar-refractivity contribution < 1.29 is 13.2 Å². The molecule has 0 aliphatic heterocycles. The molecule has 1 aliphatic carbocycles. The zero-order chi connectivity index (χ0) is 15.0. The second-order valence-electron chi connectivity index (χ2n) is 5.52. The van der Waals surface area contributed by atoms with Crippen molar-refractivity contribution in [2.45, 2.75) is 37.3 Å². The largest absolute Gasteiger partial charge is 0.416 e. The van der Waals surface area contributed by atoms with Gasteiger partial charge in [0.15, 0.2) is 0 Å². The number of rotatable bonds is 2. The lowest BCUT2D eigenvalue weighted by Crippen LogP contribution is -2.25. The maximum atomic E-state index is 13.3. The van der Waals surface area contributed by atoms with E-state index in [1.165, 1.54) is 6.07 Å². The Morgan fingerprint density at radius 2 is 1.80 bits per heavy atom. The molecular weight excluding hydrogens is 265 g/mol. The third-order valence-corrected chi connectivity index (χ3v) is 4.01. The van der Waals surface area contributed by atoms with E-state index >= 15 is 0 Å². The average Bonchev–Trinajstić information content (AvgIpc) is 2.86. The summed E-state index contributed by atoms with van der Waals surface area (Å²) in [4.78, 5) is 1.63. The lowest BCUT2D eigenvalue weighted by atomic mass is 9.77. The van der Waals surface area contributed by atoms with Crippen LogP contribution >= 0.6 is 0 Å². The van der Waals surface area contributed by atoms with E-state index < -0.39 is 17.2 Å². The van der Waals surface area contributed by atoms with Gasteiger partial charge in [-0.05, 0) is 30.5 Å². The molecule has 2 nitrogen and oxygen atoms in total. The molecule has 1 aliphatic rings. The molecule has 0 N–H and O–H groups in total. The Morgan fingerprint density at radius 3 is 2.25 bits per heavy atom. The van der Waals surface area contributed by atoms with Crippen molar-refractivity contribution in [3.8, 4) is 6.07 Å². The van der Waals surface area contributed by atoms with Gasteiger partial charge in [0, 0.05) is 19.8 Å². The predicted octanol–water partition coefficient (Wildman–Crippen LogP) is 4.11. The molecule has 1 aromatic rings. The Hall–Kier alpha value is -1.70. The summed E-state index contributed by atoms with van der Waals surface area (Å²) in [5, 5.41) is 9.41. The number of alkyl halides is 3. The zero-order valence-electron chi connectivity index (χ0n) is 11.6. The maximum absolute atomic E-state index is 13.3. The summed E-state index contributed by atoms with van der Waals surface area (Å²) in [7, 11) is 3.40. The number of halogens is 3. The van der Waals surface area contributed by atoms with Crippen LogP contribution in [0.2, 0.25) is 0 Å². The molecule has 0 spiro atoms. The number of hydrogen-bond donors (Lipinski definition) is 0. The molecule has 108 valence electrons. The molecule has 0 aromatic heterocycles. The molecule has 5 heteroatoms. The molecule has 0 saturated heterocycles. The van der Waals surface area contributed by atoms with E-state index in [9.17, 15) is 18.4 Å². The minimum Gasteiger partial charge on any atom is -0.378 e. The summed E-state index contributed by atoms with van der Waals surface area (Å²) in [5.41, 5.74) is -1.02. The maximum Gasteiger partial charge on any atom is 0.416 e. The van der Waals surface area contributed by atoms with Crippen LogP contribution in [0.1, 0.15) is 36.8 Å². The minimum atomic E-state index is -4.44. The summed E-state index contributed by atoms with van der Waals surface area (Å²) in [6.45, 7) is 0. The van der Waals surface area contributed by atoms with Gasteiger partial charge in [-0.15, -0.1) is 0 Å². The topological polar surface area (TPSA) is 27.0 Å². The normalized spacial score (nSPS) is 17.8. The molecule has 0 radical (unpaired) electrons. The van der Waals surface area contributed by atoms with Crippen molar-refractivity contribution >= 4 is 5.69 Å². The van der Waals surface area contributed by atoms with Gasteiger partial charge in [-0.25, -0.2) is 0 Å². The molecule has 0 bridgehead atoms. The highest BCUT2D eigenvalue weighted by molar-refractivity contribution is 5.54. The minimum absolute atomic E-state index is 0.135. The molecule has 0 heterocycles. The number of nitrogens with zero attached hydrogens (tertiary/aromatic N) is 2. The number of hydrogen-bond acceptors (Lipinski definition) is 2. The summed E-state index contributed by atoms with van der Waals surface area (Å²) >= 11 is 0. The van der Waals surface area contributed by atoms with E-state index in [1.807, 2.05) is 0 Å². The van der Waals surface area contributed by atoms with Gasteiger partial charge >= 0.3 is 6.18 Å². The van der Waals surface area contributed by atoms with Crippen LogP contribution in [0.3, 0.4) is 0 Å². The molecule has 1 saturated carbocycles. The van der Waals surface area contributed by atoms with Crippen molar-refractivity contribution in [2.75, 3.05) is 19.0 Å². The Balaban J connectivity index is 2.61. The van der Waals surface area contributed by atoms with E-state index in [2.05, 4.69) is 6.07 Å². The standard InChI is InChI=1S/C15H17F3N2/c1-20(2)11-5-6-12(13(9-11)15(16,17)18)14(10-19)7-3-4-8-14/h5-6,9H,3-4,7-8H2,1-2H3. The first kappa shape index (κ1) is 14.7. The van der Waals surface area contributed by atoms with Crippen LogP contribution in [0, 0.1) is 11.3 Å². The Labute approximate surface area is 116 Å². The van der Waals surface area contributed by atoms with Crippen LogP contribution in [0.5, 0.6) is 0 Å². The summed E-state index contributed by atoms with van der Waals surface area (Å²) in [6.07, 6.45) is -1.81. The number of nitriles is 1.